The molecule has 0 saturated carbocycles. The predicted molar refractivity (Wildman–Crippen MR) is 104 cm³/mol. The van der Waals surface area contributed by atoms with Crippen LogP contribution in [0.1, 0.15) is 51.9 Å². The Morgan fingerprint density at radius 1 is 0.708 bits per heavy atom. The summed E-state index contributed by atoms with van der Waals surface area (Å²) in [4.78, 5) is 0. The van der Waals surface area contributed by atoms with Crippen molar-refractivity contribution in [3.8, 4) is 11.5 Å². The van der Waals surface area contributed by atoms with E-state index in [0.29, 0.717) is 0 Å². The quantitative estimate of drug-likeness (QED) is 0.318. The van der Waals surface area contributed by atoms with E-state index in [1.165, 1.54) is 30.0 Å². The molecule has 0 fully saturated rings. The maximum atomic E-state index is 5.85. The molecule has 2 aromatic rings. The fraction of sp³-hybridized carbons (Fsp3) is 0.524. The molecule has 0 saturated heterocycles. The molecule has 24 heavy (non-hydrogen) atoms. The van der Waals surface area contributed by atoms with Gasteiger partial charge in [0.25, 0.3) is 0 Å². The van der Waals surface area contributed by atoms with Crippen molar-refractivity contribution in [2.75, 3.05) is 19.1 Å². The van der Waals surface area contributed by atoms with Crippen LogP contribution in [0.2, 0.25) is 0 Å². The van der Waals surface area contributed by atoms with E-state index >= 15 is 0 Å². The van der Waals surface area contributed by atoms with Crippen LogP contribution in [0.5, 0.6) is 11.5 Å². The normalized spacial score (nSPS) is 10.9. The number of rotatable bonds is 12. The lowest BCUT2D eigenvalue weighted by Gasteiger charge is -2.09. The highest BCUT2D eigenvalue weighted by Crippen LogP contribution is 2.25. The smallest absolute Gasteiger partial charge is 0.119 e. The van der Waals surface area contributed by atoms with Gasteiger partial charge in [-0.2, -0.15) is 0 Å². The zero-order valence-corrected chi connectivity index (χ0v) is 15.5. The van der Waals surface area contributed by atoms with Gasteiger partial charge in [0, 0.05) is 5.88 Å². The summed E-state index contributed by atoms with van der Waals surface area (Å²) in [6.07, 6.45) is 8.15. The summed E-state index contributed by atoms with van der Waals surface area (Å²) in [7, 11) is 0. The van der Waals surface area contributed by atoms with E-state index in [1.807, 2.05) is 12.1 Å². The molecule has 0 aliphatic rings. The topological polar surface area (TPSA) is 18.5 Å². The van der Waals surface area contributed by atoms with Crippen LogP contribution in [0.4, 0.5) is 0 Å². The largest absolute Gasteiger partial charge is 0.494 e. The molecule has 0 aromatic heterocycles. The SMILES string of the molecule is CCCCCCOc1ccc2cc(OCCCCCCl)ccc2c1. The van der Waals surface area contributed by atoms with E-state index < -0.39 is 0 Å². The van der Waals surface area contributed by atoms with Crippen LogP contribution in [-0.4, -0.2) is 19.1 Å². The van der Waals surface area contributed by atoms with E-state index in [9.17, 15) is 0 Å². The molecule has 0 unspecified atom stereocenters. The second-order valence-corrected chi connectivity index (χ2v) is 6.56. The van der Waals surface area contributed by atoms with Gasteiger partial charge in [0.15, 0.2) is 0 Å². The first-order valence-electron chi connectivity index (χ1n) is 9.19. The number of ether oxygens (including phenoxy) is 2. The number of unbranched alkanes of at least 4 members (excludes halogenated alkanes) is 5. The second kappa shape index (κ2) is 11.2. The van der Waals surface area contributed by atoms with Crippen LogP contribution < -0.4 is 9.47 Å². The molecular formula is C21H29ClO2. The molecule has 2 aromatic carbocycles. The molecule has 0 spiro atoms. The summed E-state index contributed by atoms with van der Waals surface area (Å²) in [6.45, 7) is 3.78. The molecule has 0 aliphatic heterocycles. The van der Waals surface area contributed by atoms with E-state index in [0.717, 1.165) is 56.3 Å². The van der Waals surface area contributed by atoms with Crippen molar-refractivity contribution in [3.05, 3.63) is 36.4 Å². The van der Waals surface area contributed by atoms with E-state index in [4.69, 9.17) is 21.1 Å². The fourth-order valence-corrected chi connectivity index (χ4v) is 2.85. The highest BCUT2D eigenvalue weighted by atomic mass is 35.5. The summed E-state index contributed by atoms with van der Waals surface area (Å²) in [5.41, 5.74) is 0. The molecule has 132 valence electrons. The van der Waals surface area contributed by atoms with Crippen LogP contribution in [0.15, 0.2) is 36.4 Å². The lowest BCUT2D eigenvalue weighted by Crippen LogP contribution is -1.98. The van der Waals surface area contributed by atoms with Crippen LogP contribution in [0, 0.1) is 0 Å². The molecule has 0 N–H and O–H groups in total. The number of hydrogen-bond donors (Lipinski definition) is 0. The van der Waals surface area contributed by atoms with Crippen molar-refractivity contribution < 1.29 is 9.47 Å². The van der Waals surface area contributed by atoms with Crippen molar-refractivity contribution in [1.29, 1.82) is 0 Å². The Balaban J connectivity index is 1.83. The lowest BCUT2D eigenvalue weighted by atomic mass is 10.1. The third kappa shape index (κ3) is 6.60. The average Bonchev–Trinajstić information content (AvgIpc) is 2.61. The van der Waals surface area contributed by atoms with E-state index in [2.05, 4.69) is 31.2 Å². The van der Waals surface area contributed by atoms with Crippen molar-refractivity contribution >= 4 is 22.4 Å². The number of hydrogen-bond acceptors (Lipinski definition) is 2. The number of alkyl halides is 1. The lowest BCUT2D eigenvalue weighted by molar-refractivity contribution is 0.305. The Bertz CT molecular complexity index is 544. The monoisotopic (exact) mass is 348 g/mol. The minimum atomic E-state index is 0.735. The Kier molecular flexibility index (Phi) is 8.83. The maximum Gasteiger partial charge on any atom is 0.119 e. The summed E-state index contributed by atoms with van der Waals surface area (Å²) in [5.74, 6) is 2.62. The van der Waals surface area contributed by atoms with Crippen LogP contribution in [-0.2, 0) is 0 Å². The molecule has 0 radical (unpaired) electrons. The summed E-state index contributed by atoms with van der Waals surface area (Å²) < 4.78 is 11.7. The van der Waals surface area contributed by atoms with Gasteiger partial charge in [-0.15, -0.1) is 11.6 Å². The fourth-order valence-electron chi connectivity index (χ4n) is 2.66. The summed E-state index contributed by atoms with van der Waals surface area (Å²) in [6, 6.07) is 12.5. The Morgan fingerprint density at radius 2 is 1.25 bits per heavy atom. The van der Waals surface area contributed by atoms with Crippen LogP contribution >= 0.6 is 11.6 Å². The van der Waals surface area contributed by atoms with Crippen molar-refractivity contribution in [2.24, 2.45) is 0 Å². The average molecular weight is 349 g/mol. The molecule has 3 heteroatoms. The zero-order chi connectivity index (χ0) is 17.0. The minimum Gasteiger partial charge on any atom is -0.494 e. The third-order valence-electron chi connectivity index (χ3n) is 4.10. The van der Waals surface area contributed by atoms with Crippen LogP contribution in [0.25, 0.3) is 10.8 Å². The van der Waals surface area contributed by atoms with Crippen molar-refractivity contribution in [1.82, 2.24) is 0 Å². The Morgan fingerprint density at radius 3 is 1.75 bits per heavy atom. The third-order valence-corrected chi connectivity index (χ3v) is 4.36. The van der Waals surface area contributed by atoms with Gasteiger partial charge in [-0.05, 0) is 60.7 Å². The van der Waals surface area contributed by atoms with Gasteiger partial charge < -0.3 is 9.47 Å². The first-order valence-corrected chi connectivity index (χ1v) is 9.72. The van der Waals surface area contributed by atoms with E-state index in [1.54, 1.807) is 0 Å². The molecular weight excluding hydrogens is 320 g/mol. The maximum absolute atomic E-state index is 5.85. The standard InChI is InChI=1S/C21H29ClO2/c1-2-3-4-7-14-23-20-11-9-19-17-21(12-10-18(19)16-20)24-15-8-5-6-13-22/h9-12,16-17H,2-8,13-15H2,1H3. The van der Waals surface area contributed by atoms with Crippen molar-refractivity contribution in [2.45, 2.75) is 51.9 Å². The molecule has 0 atom stereocenters. The number of benzene rings is 2. The van der Waals surface area contributed by atoms with Gasteiger partial charge in [0.2, 0.25) is 0 Å². The van der Waals surface area contributed by atoms with Gasteiger partial charge >= 0.3 is 0 Å². The first-order chi connectivity index (χ1) is 11.8. The summed E-state index contributed by atoms with van der Waals surface area (Å²) in [5, 5.41) is 2.38. The van der Waals surface area contributed by atoms with Crippen LogP contribution in [0.3, 0.4) is 0 Å². The molecule has 2 rings (SSSR count). The molecule has 0 amide bonds. The highest BCUT2D eigenvalue weighted by molar-refractivity contribution is 6.17. The molecule has 0 bridgehead atoms. The van der Waals surface area contributed by atoms with Gasteiger partial charge in [0.1, 0.15) is 11.5 Å². The number of halogens is 1. The minimum absolute atomic E-state index is 0.735. The Labute approximate surface area is 151 Å². The van der Waals surface area contributed by atoms with Crippen molar-refractivity contribution in [3.63, 3.8) is 0 Å². The van der Waals surface area contributed by atoms with Gasteiger partial charge in [0.05, 0.1) is 13.2 Å². The van der Waals surface area contributed by atoms with Gasteiger partial charge in [-0.3, -0.25) is 0 Å². The molecule has 0 aliphatic carbocycles. The second-order valence-electron chi connectivity index (χ2n) is 6.18. The van der Waals surface area contributed by atoms with Gasteiger partial charge in [-0.25, -0.2) is 0 Å². The number of fused-ring (bicyclic) bond motifs is 1. The van der Waals surface area contributed by atoms with Gasteiger partial charge in [-0.1, -0.05) is 38.3 Å². The molecule has 0 heterocycles. The highest BCUT2D eigenvalue weighted by Gasteiger charge is 2.01. The van der Waals surface area contributed by atoms with E-state index in [-0.39, 0.29) is 0 Å². The Hall–Kier alpha value is -1.41. The molecule has 2 nitrogen and oxygen atoms in total. The predicted octanol–water partition coefficient (Wildman–Crippen LogP) is 6.59. The summed E-state index contributed by atoms with van der Waals surface area (Å²) >= 11 is 5.68. The first kappa shape index (κ1) is 18.9. The zero-order valence-electron chi connectivity index (χ0n) is 14.7.